The van der Waals surface area contributed by atoms with Crippen LogP contribution < -0.4 is 5.32 Å². The fourth-order valence-corrected chi connectivity index (χ4v) is 4.50. The van der Waals surface area contributed by atoms with Gasteiger partial charge in [-0.25, -0.2) is 8.42 Å². The van der Waals surface area contributed by atoms with Gasteiger partial charge in [0.15, 0.2) is 5.03 Å². The minimum Gasteiger partial charge on any atom is -0.316 e. The molecule has 0 spiro atoms. The van der Waals surface area contributed by atoms with Crippen molar-refractivity contribution >= 4 is 10.0 Å². The Balaban J connectivity index is 2.23. The van der Waals surface area contributed by atoms with Crippen LogP contribution in [0.2, 0.25) is 0 Å². The van der Waals surface area contributed by atoms with Crippen LogP contribution in [0.5, 0.6) is 0 Å². The fourth-order valence-electron chi connectivity index (χ4n) is 2.81. The Morgan fingerprint density at radius 3 is 2.90 bits per heavy atom. The fraction of sp³-hybridized carbons (Fsp3) is 0.769. The van der Waals surface area contributed by atoms with Gasteiger partial charge in [0.1, 0.15) is 0 Å². The lowest BCUT2D eigenvalue weighted by atomic mass is 10.0. The van der Waals surface area contributed by atoms with Crippen molar-refractivity contribution in [2.45, 2.75) is 44.7 Å². The molecule has 7 heteroatoms. The normalized spacial score (nSPS) is 20.6. The summed E-state index contributed by atoms with van der Waals surface area (Å²) in [5, 5.41) is 10.0. The van der Waals surface area contributed by atoms with E-state index >= 15 is 0 Å². The molecule has 1 aromatic rings. The zero-order valence-electron chi connectivity index (χ0n) is 12.4. The highest BCUT2D eigenvalue weighted by molar-refractivity contribution is 7.89. The van der Waals surface area contributed by atoms with E-state index < -0.39 is 10.0 Å². The summed E-state index contributed by atoms with van der Waals surface area (Å²) >= 11 is 0. The highest BCUT2D eigenvalue weighted by Crippen LogP contribution is 2.28. The standard InChI is InChI=1S/C13H24N4O2S/c1-4-5-11-6-7-17(9-11)20(18,19)13-12(8-14-3)10(2)15-16-13/h11,14H,4-9H2,1-3H3,(H,15,16). The molecule has 1 atom stereocenters. The van der Waals surface area contributed by atoms with Crippen LogP contribution in [0.3, 0.4) is 0 Å². The van der Waals surface area contributed by atoms with Crippen molar-refractivity contribution in [3.8, 4) is 0 Å². The average Bonchev–Trinajstić information content (AvgIpc) is 2.99. The maximum absolute atomic E-state index is 12.7. The second-order valence-corrected chi connectivity index (χ2v) is 7.32. The molecule has 0 bridgehead atoms. The lowest BCUT2D eigenvalue weighted by molar-refractivity contribution is 0.442. The van der Waals surface area contributed by atoms with E-state index in [2.05, 4.69) is 22.4 Å². The van der Waals surface area contributed by atoms with Crippen LogP contribution in [0.1, 0.15) is 37.4 Å². The molecule has 0 radical (unpaired) electrons. The molecule has 0 saturated carbocycles. The molecule has 0 aromatic carbocycles. The predicted molar refractivity (Wildman–Crippen MR) is 77.9 cm³/mol. The summed E-state index contributed by atoms with van der Waals surface area (Å²) < 4.78 is 27.0. The van der Waals surface area contributed by atoms with Crippen LogP contribution in [0.4, 0.5) is 0 Å². The van der Waals surface area contributed by atoms with Crippen LogP contribution in [0, 0.1) is 12.8 Å². The molecule has 114 valence electrons. The van der Waals surface area contributed by atoms with Gasteiger partial charge in [-0.05, 0) is 32.7 Å². The third kappa shape index (κ3) is 2.89. The molecule has 2 heterocycles. The van der Waals surface area contributed by atoms with E-state index in [-0.39, 0.29) is 5.03 Å². The first-order chi connectivity index (χ1) is 9.50. The third-order valence-electron chi connectivity index (χ3n) is 3.92. The van der Waals surface area contributed by atoms with Crippen molar-refractivity contribution in [1.29, 1.82) is 0 Å². The van der Waals surface area contributed by atoms with Crippen molar-refractivity contribution < 1.29 is 8.42 Å². The second kappa shape index (κ2) is 6.24. The first kappa shape index (κ1) is 15.5. The van der Waals surface area contributed by atoms with Gasteiger partial charge in [0, 0.05) is 30.9 Å². The summed E-state index contributed by atoms with van der Waals surface area (Å²) in [6, 6.07) is 0. The number of aromatic nitrogens is 2. The molecule has 0 amide bonds. The molecule has 0 aliphatic carbocycles. The smallest absolute Gasteiger partial charge is 0.262 e. The molecule has 2 N–H and O–H groups in total. The Kier molecular flexibility index (Phi) is 4.82. The molecule has 1 saturated heterocycles. The van der Waals surface area contributed by atoms with E-state index in [0.717, 1.165) is 30.5 Å². The molecule has 20 heavy (non-hydrogen) atoms. The Morgan fingerprint density at radius 2 is 2.25 bits per heavy atom. The van der Waals surface area contributed by atoms with Crippen LogP contribution in [0.25, 0.3) is 0 Å². The average molecular weight is 300 g/mol. The SMILES string of the molecule is CCCC1CCN(S(=O)(=O)c2n[nH]c(C)c2CNC)C1. The van der Waals surface area contributed by atoms with Crippen LogP contribution in [0.15, 0.2) is 5.03 Å². The van der Waals surface area contributed by atoms with E-state index in [9.17, 15) is 8.42 Å². The molecular formula is C13H24N4O2S. The van der Waals surface area contributed by atoms with Crippen LogP contribution in [-0.2, 0) is 16.6 Å². The number of H-pyrrole nitrogens is 1. The van der Waals surface area contributed by atoms with Gasteiger partial charge in [0.25, 0.3) is 10.0 Å². The van der Waals surface area contributed by atoms with Gasteiger partial charge in [-0.2, -0.15) is 9.40 Å². The number of nitrogens with one attached hydrogen (secondary N) is 2. The quantitative estimate of drug-likeness (QED) is 0.829. The van der Waals surface area contributed by atoms with Crippen molar-refractivity contribution in [3.63, 3.8) is 0 Å². The molecule has 6 nitrogen and oxygen atoms in total. The molecular weight excluding hydrogens is 276 g/mol. The monoisotopic (exact) mass is 300 g/mol. The van der Waals surface area contributed by atoms with Gasteiger partial charge in [-0.15, -0.1) is 0 Å². The number of hydrogen-bond donors (Lipinski definition) is 2. The van der Waals surface area contributed by atoms with E-state index in [4.69, 9.17) is 0 Å². The Morgan fingerprint density at radius 1 is 1.50 bits per heavy atom. The van der Waals surface area contributed by atoms with Gasteiger partial charge in [0.05, 0.1) is 0 Å². The minimum atomic E-state index is -3.47. The minimum absolute atomic E-state index is 0.182. The highest BCUT2D eigenvalue weighted by Gasteiger charge is 2.35. The lowest BCUT2D eigenvalue weighted by Gasteiger charge is -2.16. The molecule has 1 unspecified atom stereocenters. The number of nitrogens with zero attached hydrogens (tertiary/aromatic N) is 2. The first-order valence-corrected chi connectivity index (χ1v) is 8.63. The van der Waals surface area contributed by atoms with Crippen molar-refractivity contribution in [2.24, 2.45) is 5.92 Å². The summed E-state index contributed by atoms with van der Waals surface area (Å²) in [6.45, 7) is 5.73. The summed E-state index contributed by atoms with van der Waals surface area (Å²) in [4.78, 5) is 0. The maximum atomic E-state index is 12.7. The highest BCUT2D eigenvalue weighted by atomic mass is 32.2. The topological polar surface area (TPSA) is 78.1 Å². The van der Waals surface area contributed by atoms with E-state index in [1.165, 1.54) is 0 Å². The molecule has 2 rings (SSSR count). The van der Waals surface area contributed by atoms with Gasteiger partial charge in [-0.3, -0.25) is 5.10 Å². The van der Waals surface area contributed by atoms with Crippen molar-refractivity contribution in [1.82, 2.24) is 19.8 Å². The molecule has 1 fully saturated rings. The van der Waals surface area contributed by atoms with Crippen LogP contribution >= 0.6 is 0 Å². The number of aromatic amines is 1. The zero-order chi connectivity index (χ0) is 14.8. The number of aryl methyl sites for hydroxylation is 1. The molecule has 1 aliphatic heterocycles. The number of sulfonamides is 1. The van der Waals surface area contributed by atoms with Gasteiger partial charge >= 0.3 is 0 Å². The summed E-state index contributed by atoms with van der Waals surface area (Å²) in [5.41, 5.74) is 1.55. The van der Waals surface area contributed by atoms with Gasteiger partial charge in [-0.1, -0.05) is 13.3 Å². The Labute approximate surface area is 121 Å². The first-order valence-electron chi connectivity index (χ1n) is 7.19. The summed E-state index contributed by atoms with van der Waals surface area (Å²) in [6.07, 6.45) is 3.15. The largest absolute Gasteiger partial charge is 0.316 e. The Hall–Kier alpha value is -0.920. The van der Waals surface area contributed by atoms with E-state index in [1.807, 2.05) is 6.92 Å². The van der Waals surface area contributed by atoms with Crippen LogP contribution in [-0.4, -0.2) is 43.1 Å². The van der Waals surface area contributed by atoms with E-state index in [0.29, 0.717) is 25.6 Å². The lowest BCUT2D eigenvalue weighted by Crippen LogP contribution is -2.30. The van der Waals surface area contributed by atoms with E-state index in [1.54, 1.807) is 11.4 Å². The van der Waals surface area contributed by atoms with Crippen molar-refractivity contribution in [2.75, 3.05) is 20.1 Å². The second-order valence-electron chi connectivity index (χ2n) is 5.47. The van der Waals surface area contributed by atoms with Crippen molar-refractivity contribution in [3.05, 3.63) is 11.3 Å². The summed E-state index contributed by atoms with van der Waals surface area (Å²) in [7, 11) is -1.67. The predicted octanol–water partition coefficient (Wildman–Crippen LogP) is 1.25. The van der Waals surface area contributed by atoms with Gasteiger partial charge in [0.2, 0.25) is 0 Å². The molecule has 1 aromatic heterocycles. The molecule has 1 aliphatic rings. The van der Waals surface area contributed by atoms with Gasteiger partial charge < -0.3 is 5.32 Å². The third-order valence-corrected chi connectivity index (χ3v) is 5.76. The Bertz CT molecular complexity index is 553. The number of hydrogen-bond acceptors (Lipinski definition) is 4. The number of rotatable bonds is 6. The maximum Gasteiger partial charge on any atom is 0.262 e. The summed E-state index contributed by atoms with van der Waals surface area (Å²) in [5.74, 6) is 0.488. The zero-order valence-corrected chi connectivity index (χ0v) is 13.3.